The number of hydrogen-bond acceptors (Lipinski definition) is 3. The largest absolute Gasteiger partial charge is 0.341 e. The highest BCUT2D eigenvalue weighted by atomic mass is 16.2. The van der Waals surface area contributed by atoms with Gasteiger partial charge in [-0.15, -0.1) is 0 Å². The fourth-order valence-electron chi connectivity index (χ4n) is 3.17. The lowest BCUT2D eigenvalue weighted by Crippen LogP contribution is -2.49. The lowest BCUT2D eigenvalue weighted by atomic mass is 9.96. The fourth-order valence-corrected chi connectivity index (χ4v) is 3.17. The van der Waals surface area contributed by atoms with Gasteiger partial charge in [0.15, 0.2) is 0 Å². The molecule has 6 nitrogen and oxygen atoms in total. The van der Waals surface area contributed by atoms with Crippen molar-refractivity contribution >= 4 is 11.9 Å². The minimum Gasteiger partial charge on any atom is -0.341 e. The minimum absolute atomic E-state index is 0.0170. The number of carbonyl (C=O) groups excluding carboxylic acids is 2. The molecule has 0 unspecified atom stereocenters. The first kappa shape index (κ1) is 16.1. The zero-order chi connectivity index (χ0) is 15.1. The molecule has 0 aromatic carbocycles. The Labute approximate surface area is 127 Å². The summed E-state index contributed by atoms with van der Waals surface area (Å²) in [4.78, 5) is 25.7. The highest BCUT2D eigenvalue weighted by Crippen LogP contribution is 2.17. The number of nitrogens with zero attached hydrogens (tertiary/aromatic N) is 1. The Morgan fingerprint density at radius 1 is 1.00 bits per heavy atom. The van der Waals surface area contributed by atoms with Gasteiger partial charge in [0.25, 0.3) is 0 Å². The first-order chi connectivity index (χ1) is 10.2. The molecule has 1 saturated heterocycles. The number of piperidine rings is 1. The van der Waals surface area contributed by atoms with Crippen LogP contribution in [0.15, 0.2) is 0 Å². The summed E-state index contributed by atoms with van der Waals surface area (Å²) in [5, 5.41) is 8.90. The predicted octanol–water partition coefficient (Wildman–Crippen LogP) is 0.829. The quantitative estimate of drug-likeness (QED) is 0.719. The third-order valence-electron chi connectivity index (χ3n) is 4.60. The molecule has 0 aromatic heterocycles. The van der Waals surface area contributed by atoms with E-state index in [0.717, 1.165) is 38.8 Å². The standard InChI is InChI=1S/C15H28N4O2/c1-16-12-7-9-19(10-8-12)14(20)11-17-15(21)18-13-5-3-2-4-6-13/h12-13,16H,2-11H2,1H3,(H2,17,18,21). The number of rotatable bonds is 4. The van der Waals surface area contributed by atoms with E-state index >= 15 is 0 Å². The van der Waals surface area contributed by atoms with Gasteiger partial charge in [0.05, 0.1) is 6.54 Å². The Balaban J connectivity index is 1.63. The molecule has 0 radical (unpaired) electrons. The summed E-state index contributed by atoms with van der Waals surface area (Å²) in [6.45, 7) is 1.65. The molecule has 0 aromatic rings. The molecular weight excluding hydrogens is 268 g/mol. The van der Waals surface area contributed by atoms with Crippen molar-refractivity contribution in [3.63, 3.8) is 0 Å². The van der Waals surface area contributed by atoms with Crippen molar-refractivity contribution in [3.05, 3.63) is 0 Å². The van der Waals surface area contributed by atoms with Gasteiger partial charge in [0.2, 0.25) is 5.91 Å². The summed E-state index contributed by atoms with van der Waals surface area (Å²) in [5.74, 6) is 0.0170. The number of amides is 3. The van der Waals surface area contributed by atoms with Crippen LogP contribution in [0.25, 0.3) is 0 Å². The van der Waals surface area contributed by atoms with Crippen molar-refractivity contribution in [2.24, 2.45) is 0 Å². The zero-order valence-electron chi connectivity index (χ0n) is 13.0. The molecule has 1 saturated carbocycles. The van der Waals surface area contributed by atoms with E-state index < -0.39 is 0 Å². The SMILES string of the molecule is CNC1CCN(C(=O)CNC(=O)NC2CCCCC2)CC1. The van der Waals surface area contributed by atoms with E-state index in [9.17, 15) is 9.59 Å². The molecule has 3 amide bonds. The lowest BCUT2D eigenvalue weighted by molar-refractivity contribution is -0.131. The molecule has 3 N–H and O–H groups in total. The maximum Gasteiger partial charge on any atom is 0.315 e. The Morgan fingerprint density at radius 2 is 1.67 bits per heavy atom. The van der Waals surface area contributed by atoms with E-state index in [-0.39, 0.29) is 24.5 Å². The highest BCUT2D eigenvalue weighted by molar-refractivity contribution is 5.84. The summed E-state index contributed by atoms with van der Waals surface area (Å²) in [6, 6.07) is 0.581. The Kier molecular flexibility index (Phi) is 6.29. The molecular formula is C15H28N4O2. The predicted molar refractivity (Wildman–Crippen MR) is 82.1 cm³/mol. The second-order valence-corrected chi connectivity index (χ2v) is 6.11. The van der Waals surface area contributed by atoms with E-state index in [2.05, 4.69) is 16.0 Å². The van der Waals surface area contributed by atoms with E-state index in [4.69, 9.17) is 0 Å². The van der Waals surface area contributed by atoms with Crippen LogP contribution in [-0.2, 0) is 4.79 Å². The molecule has 1 heterocycles. The Hall–Kier alpha value is -1.30. The van der Waals surface area contributed by atoms with E-state index in [1.807, 2.05) is 11.9 Å². The highest BCUT2D eigenvalue weighted by Gasteiger charge is 2.22. The van der Waals surface area contributed by atoms with Crippen molar-refractivity contribution in [1.82, 2.24) is 20.9 Å². The first-order valence-electron chi connectivity index (χ1n) is 8.18. The van der Waals surface area contributed by atoms with Gasteiger partial charge in [-0.25, -0.2) is 4.79 Å². The molecule has 6 heteroatoms. The third-order valence-corrected chi connectivity index (χ3v) is 4.60. The lowest BCUT2D eigenvalue weighted by Gasteiger charge is -2.32. The molecule has 2 rings (SSSR count). The first-order valence-corrected chi connectivity index (χ1v) is 8.18. The number of nitrogens with one attached hydrogen (secondary N) is 3. The van der Waals surface area contributed by atoms with Crippen molar-refractivity contribution in [1.29, 1.82) is 0 Å². The van der Waals surface area contributed by atoms with Gasteiger partial charge in [-0.05, 0) is 32.7 Å². The van der Waals surface area contributed by atoms with Crippen LogP contribution in [0.3, 0.4) is 0 Å². The summed E-state index contributed by atoms with van der Waals surface area (Å²) in [7, 11) is 1.96. The van der Waals surface area contributed by atoms with E-state index in [1.54, 1.807) is 0 Å². The summed E-state index contributed by atoms with van der Waals surface area (Å²) >= 11 is 0. The molecule has 1 aliphatic heterocycles. The van der Waals surface area contributed by atoms with Gasteiger partial charge in [-0.3, -0.25) is 4.79 Å². The summed E-state index contributed by atoms with van der Waals surface area (Å²) < 4.78 is 0. The van der Waals surface area contributed by atoms with Crippen LogP contribution in [0.5, 0.6) is 0 Å². The maximum atomic E-state index is 12.1. The van der Waals surface area contributed by atoms with Crippen LogP contribution in [0.1, 0.15) is 44.9 Å². The van der Waals surface area contributed by atoms with Gasteiger partial charge >= 0.3 is 6.03 Å². The normalized spacial score (nSPS) is 21.1. The Morgan fingerprint density at radius 3 is 2.29 bits per heavy atom. The average molecular weight is 296 g/mol. The van der Waals surface area contributed by atoms with Gasteiger partial charge in [-0.2, -0.15) is 0 Å². The molecule has 2 fully saturated rings. The van der Waals surface area contributed by atoms with Gasteiger partial charge in [0, 0.05) is 25.2 Å². The van der Waals surface area contributed by atoms with Crippen molar-refractivity contribution in [2.45, 2.75) is 57.0 Å². The van der Waals surface area contributed by atoms with Crippen molar-refractivity contribution in [3.8, 4) is 0 Å². The molecule has 21 heavy (non-hydrogen) atoms. The van der Waals surface area contributed by atoms with Crippen LogP contribution < -0.4 is 16.0 Å². The summed E-state index contributed by atoms with van der Waals surface area (Å²) in [5.41, 5.74) is 0. The minimum atomic E-state index is -0.208. The van der Waals surface area contributed by atoms with Crippen LogP contribution in [0.4, 0.5) is 4.79 Å². The van der Waals surface area contributed by atoms with Gasteiger partial charge < -0.3 is 20.9 Å². The van der Waals surface area contributed by atoms with Crippen LogP contribution >= 0.6 is 0 Å². The maximum absolute atomic E-state index is 12.1. The van der Waals surface area contributed by atoms with E-state index in [1.165, 1.54) is 19.3 Å². The molecule has 1 aliphatic carbocycles. The monoisotopic (exact) mass is 296 g/mol. The van der Waals surface area contributed by atoms with E-state index in [0.29, 0.717) is 6.04 Å². The fraction of sp³-hybridized carbons (Fsp3) is 0.867. The smallest absolute Gasteiger partial charge is 0.315 e. The second-order valence-electron chi connectivity index (χ2n) is 6.11. The molecule has 0 atom stereocenters. The second kappa shape index (κ2) is 8.22. The van der Waals surface area contributed by atoms with Crippen molar-refractivity contribution in [2.75, 3.05) is 26.7 Å². The number of hydrogen-bond donors (Lipinski definition) is 3. The summed E-state index contributed by atoms with van der Waals surface area (Å²) in [6.07, 6.45) is 7.71. The topological polar surface area (TPSA) is 73.5 Å². The molecule has 120 valence electrons. The van der Waals surface area contributed by atoms with Gasteiger partial charge in [0.1, 0.15) is 0 Å². The van der Waals surface area contributed by atoms with Crippen LogP contribution in [0.2, 0.25) is 0 Å². The van der Waals surface area contributed by atoms with Crippen LogP contribution in [0, 0.1) is 0 Å². The molecule has 2 aliphatic rings. The van der Waals surface area contributed by atoms with Gasteiger partial charge in [-0.1, -0.05) is 19.3 Å². The molecule has 0 bridgehead atoms. The number of urea groups is 1. The third kappa shape index (κ3) is 5.19. The zero-order valence-corrected chi connectivity index (χ0v) is 13.0. The van der Waals surface area contributed by atoms with Crippen LogP contribution in [-0.4, -0.2) is 55.6 Å². The molecule has 0 spiro atoms. The average Bonchev–Trinajstić information content (AvgIpc) is 2.53. The van der Waals surface area contributed by atoms with Crippen molar-refractivity contribution < 1.29 is 9.59 Å². The number of likely N-dealkylation sites (tertiary alicyclic amines) is 1. The number of carbonyl (C=O) groups is 2. The Bertz CT molecular complexity index is 348.